The number of hydrogen-bond acceptors (Lipinski definition) is 5. The minimum atomic E-state index is -3.76. The van der Waals surface area contributed by atoms with Crippen LogP contribution in [-0.2, 0) is 10.0 Å². The van der Waals surface area contributed by atoms with Gasteiger partial charge in [0.15, 0.2) is 0 Å². The number of halogens is 1. The molecule has 108 valence electrons. The molecule has 1 atom stereocenters. The maximum Gasteiger partial charge on any atom is 0.242 e. The van der Waals surface area contributed by atoms with Crippen LogP contribution in [0.3, 0.4) is 0 Å². The minimum Gasteiger partial charge on any atom is -0.398 e. The van der Waals surface area contributed by atoms with E-state index in [1.165, 1.54) is 11.3 Å². The molecule has 8 heteroatoms. The molecule has 0 aliphatic carbocycles. The fraction of sp³-hybridized carbons (Fsp3) is 0.250. The molecule has 2 aromatic rings. The molecule has 1 unspecified atom stereocenters. The molecule has 0 aliphatic rings. The van der Waals surface area contributed by atoms with Crippen molar-refractivity contribution in [2.75, 3.05) is 12.3 Å². The summed E-state index contributed by atoms with van der Waals surface area (Å²) in [5, 5.41) is 2.68. The summed E-state index contributed by atoms with van der Waals surface area (Å²) < 4.78 is 39.6. The first-order valence-electron chi connectivity index (χ1n) is 5.84. The van der Waals surface area contributed by atoms with Crippen molar-refractivity contribution < 1.29 is 12.8 Å². The number of sulfonamides is 1. The molecule has 20 heavy (non-hydrogen) atoms. The molecule has 1 heterocycles. The number of thiazole rings is 1. The number of nitrogens with one attached hydrogen (secondary N) is 1. The van der Waals surface area contributed by atoms with Gasteiger partial charge in [-0.1, -0.05) is 6.92 Å². The van der Waals surface area contributed by atoms with E-state index in [1.807, 2.05) is 12.3 Å². The predicted molar refractivity (Wildman–Crippen MR) is 76.5 cm³/mol. The topological polar surface area (TPSA) is 85.1 Å². The van der Waals surface area contributed by atoms with Crippen molar-refractivity contribution in [3.05, 3.63) is 40.6 Å². The normalized spacial score (nSPS) is 13.3. The fourth-order valence-corrected chi connectivity index (χ4v) is 3.58. The molecule has 2 rings (SSSR count). The first kappa shape index (κ1) is 14.9. The van der Waals surface area contributed by atoms with E-state index in [4.69, 9.17) is 5.73 Å². The molecular weight excluding hydrogens is 301 g/mol. The van der Waals surface area contributed by atoms with Gasteiger partial charge in [0.05, 0.1) is 10.7 Å². The molecule has 0 saturated heterocycles. The van der Waals surface area contributed by atoms with Crippen LogP contribution < -0.4 is 10.5 Å². The summed E-state index contributed by atoms with van der Waals surface area (Å²) in [6.07, 6.45) is 1.67. The average molecular weight is 315 g/mol. The Bertz CT molecular complexity index is 687. The summed E-state index contributed by atoms with van der Waals surface area (Å²) in [5.41, 5.74) is 5.43. The maximum absolute atomic E-state index is 12.9. The van der Waals surface area contributed by atoms with E-state index in [-0.39, 0.29) is 23.0 Å². The third-order valence-electron chi connectivity index (χ3n) is 2.71. The summed E-state index contributed by atoms with van der Waals surface area (Å²) in [6.45, 7) is 2.07. The van der Waals surface area contributed by atoms with Crippen molar-refractivity contribution in [3.8, 4) is 0 Å². The second kappa shape index (κ2) is 5.86. The number of aromatic nitrogens is 1. The quantitative estimate of drug-likeness (QED) is 0.826. The van der Waals surface area contributed by atoms with E-state index in [9.17, 15) is 12.8 Å². The standard InChI is InChI=1S/C12H14FN3O2S2/c1-8(12-15-4-5-19-12)7-16-20(17,18)11-3-2-9(13)6-10(11)14/h2-6,8,16H,7,14H2,1H3. The highest BCUT2D eigenvalue weighted by molar-refractivity contribution is 7.89. The van der Waals surface area contributed by atoms with E-state index in [0.717, 1.165) is 23.2 Å². The Kier molecular flexibility index (Phi) is 4.36. The van der Waals surface area contributed by atoms with E-state index in [1.54, 1.807) is 6.20 Å². The lowest BCUT2D eigenvalue weighted by Gasteiger charge is -2.12. The van der Waals surface area contributed by atoms with Gasteiger partial charge in [-0.25, -0.2) is 22.5 Å². The maximum atomic E-state index is 12.9. The van der Waals surface area contributed by atoms with Gasteiger partial charge >= 0.3 is 0 Å². The highest BCUT2D eigenvalue weighted by Gasteiger charge is 2.19. The van der Waals surface area contributed by atoms with E-state index >= 15 is 0 Å². The van der Waals surface area contributed by atoms with E-state index < -0.39 is 15.8 Å². The molecule has 1 aromatic carbocycles. The highest BCUT2D eigenvalue weighted by atomic mass is 32.2. The summed E-state index contributed by atoms with van der Waals surface area (Å²) >= 11 is 1.46. The number of nitrogens with two attached hydrogens (primary N) is 1. The van der Waals surface area contributed by atoms with Crippen LogP contribution in [0.15, 0.2) is 34.7 Å². The lowest BCUT2D eigenvalue weighted by Crippen LogP contribution is -2.28. The summed E-state index contributed by atoms with van der Waals surface area (Å²) in [5.74, 6) is -0.621. The monoisotopic (exact) mass is 315 g/mol. The molecule has 5 nitrogen and oxygen atoms in total. The van der Waals surface area contributed by atoms with E-state index in [0.29, 0.717) is 0 Å². The third-order valence-corrected chi connectivity index (χ3v) is 5.22. The lowest BCUT2D eigenvalue weighted by atomic mass is 10.2. The zero-order chi connectivity index (χ0) is 14.8. The number of anilines is 1. The Labute approximate surface area is 120 Å². The molecular formula is C12H14FN3O2S2. The first-order valence-corrected chi connectivity index (χ1v) is 8.20. The van der Waals surface area contributed by atoms with Gasteiger partial charge in [0.1, 0.15) is 10.7 Å². The van der Waals surface area contributed by atoms with Gasteiger partial charge in [0.25, 0.3) is 0 Å². The zero-order valence-corrected chi connectivity index (χ0v) is 12.3. The Morgan fingerprint density at radius 3 is 2.85 bits per heavy atom. The van der Waals surface area contributed by atoms with Crippen LogP contribution in [0.25, 0.3) is 0 Å². The van der Waals surface area contributed by atoms with Gasteiger partial charge in [-0.2, -0.15) is 0 Å². The predicted octanol–water partition coefficient (Wildman–Crippen LogP) is 1.95. The Balaban J connectivity index is 2.11. The second-order valence-corrected chi connectivity index (χ2v) is 6.97. The molecule has 0 saturated carbocycles. The SMILES string of the molecule is CC(CNS(=O)(=O)c1ccc(F)cc1N)c1nccs1. The number of rotatable bonds is 5. The van der Waals surface area contributed by atoms with Gasteiger partial charge in [0.2, 0.25) is 10.0 Å². The third kappa shape index (κ3) is 3.33. The highest BCUT2D eigenvalue weighted by Crippen LogP contribution is 2.21. The Morgan fingerprint density at radius 2 is 2.25 bits per heavy atom. The van der Waals surface area contributed by atoms with Gasteiger partial charge in [0, 0.05) is 24.0 Å². The summed E-state index contributed by atoms with van der Waals surface area (Å²) in [4.78, 5) is 4.01. The first-order chi connectivity index (χ1) is 9.40. The van der Waals surface area contributed by atoms with Gasteiger partial charge in [-0.05, 0) is 18.2 Å². The largest absolute Gasteiger partial charge is 0.398 e. The molecule has 0 fully saturated rings. The molecule has 0 spiro atoms. The van der Waals surface area contributed by atoms with Gasteiger partial charge in [-0.3, -0.25) is 0 Å². The molecule has 0 bridgehead atoms. The average Bonchev–Trinajstić information content (AvgIpc) is 2.89. The molecule has 0 radical (unpaired) electrons. The Morgan fingerprint density at radius 1 is 1.50 bits per heavy atom. The summed E-state index contributed by atoms with van der Waals surface area (Å²) in [7, 11) is -3.76. The number of benzene rings is 1. The smallest absolute Gasteiger partial charge is 0.242 e. The number of nitrogen functional groups attached to an aromatic ring is 1. The fourth-order valence-electron chi connectivity index (χ4n) is 1.64. The van der Waals surface area contributed by atoms with Crippen molar-refractivity contribution in [1.82, 2.24) is 9.71 Å². The van der Waals surface area contributed by atoms with Crippen molar-refractivity contribution in [1.29, 1.82) is 0 Å². The van der Waals surface area contributed by atoms with Crippen molar-refractivity contribution in [2.45, 2.75) is 17.7 Å². The minimum absolute atomic E-state index is 0.0496. The van der Waals surface area contributed by atoms with E-state index in [2.05, 4.69) is 9.71 Å². The molecule has 1 aromatic heterocycles. The van der Waals surface area contributed by atoms with Crippen LogP contribution in [0.4, 0.5) is 10.1 Å². The van der Waals surface area contributed by atoms with Crippen LogP contribution in [0.2, 0.25) is 0 Å². The van der Waals surface area contributed by atoms with Crippen molar-refractivity contribution >= 4 is 27.0 Å². The molecule has 0 aliphatic heterocycles. The van der Waals surface area contributed by atoms with Crippen LogP contribution in [0.1, 0.15) is 17.8 Å². The molecule has 0 amide bonds. The van der Waals surface area contributed by atoms with Crippen molar-refractivity contribution in [2.24, 2.45) is 0 Å². The van der Waals surface area contributed by atoms with Crippen LogP contribution in [0, 0.1) is 5.82 Å². The second-order valence-electron chi connectivity index (χ2n) is 4.31. The zero-order valence-electron chi connectivity index (χ0n) is 10.7. The number of hydrogen-bond donors (Lipinski definition) is 2. The van der Waals surface area contributed by atoms with Crippen LogP contribution in [0.5, 0.6) is 0 Å². The van der Waals surface area contributed by atoms with Gasteiger partial charge in [-0.15, -0.1) is 11.3 Å². The lowest BCUT2D eigenvalue weighted by molar-refractivity contribution is 0.574. The molecule has 3 N–H and O–H groups in total. The van der Waals surface area contributed by atoms with Crippen molar-refractivity contribution in [3.63, 3.8) is 0 Å². The van der Waals surface area contributed by atoms with Crippen LogP contribution in [-0.4, -0.2) is 19.9 Å². The van der Waals surface area contributed by atoms with Gasteiger partial charge < -0.3 is 5.73 Å². The summed E-state index contributed by atoms with van der Waals surface area (Å²) in [6, 6.07) is 3.20. The number of nitrogens with zero attached hydrogens (tertiary/aromatic N) is 1. The van der Waals surface area contributed by atoms with Crippen LogP contribution >= 0.6 is 11.3 Å². The Hall–Kier alpha value is -1.51.